The van der Waals surface area contributed by atoms with Gasteiger partial charge in [-0.15, -0.1) is 12.3 Å². The molecular weight excluding hydrogens is 204 g/mol. The van der Waals surface area contributed by atoms with Crippen LogP contribution in [0.5, 0.6) is 0 Å². The van der Waals surface area contributed by atoms with Gasteiger partial charge in [-0.2, -0.15) is 0 Å². The molecule has 1 rings (SSSR count). The number of rotatable bonds is 5. The van der Waals surface area contributed by atoms with Crippen molar-refractivity contribution in [2.75, 3.05) is 6.61 Å². The summed E-state index contributed by atoms with van der Waals surface area (Å²) < 4.78 is 5.08. The molecule has 1 aliphatic rings. The van der Waals surface area contributed by atoms with Gasteiger partial charge in [0.25, 0.3) is 0 Å². The number of carbonyl (C=O) groups is 1. The molecule has 0 saturated heterocycles. The largest absolute Gasteiger partial charge is 0.465 e. The van der Waals surface area contributed by atoms with Crippen LogP contribution in [0.1, 0.15) is 45.4 Å². The molecule has 0 radical (unpaired) electrons. The summed E-state index contributed by atoms with van der Waals surface area (Å²) >= 11 is 0. The van der Waals surface area contributed by atoms with Crippen LogP contribution in [0.15, 0.2) is 0 Å². The Labute approximate surface area is 97.2 Å². The van der Waals surface area contributed by atoms with E-state index in [1.165, 1.54) is 0 Å². The zero-order valence-electron chi connectivity index (χ0n) is 9.87. The predicted octanol–water partition coefficient (Wildman–Crippen LogP) is 1.88. The molecule has 3 nitrogen and oxygen atoms in total. The first kappa shape index (κ1) is 13.1. The van der Waals surface area contributed by atoms with Crippen molar-refractivity contribution in [2.24, 2.45) is 5.41 Å². The van der Waals surface area contributed by atoms with Gasteiger partial charge < -0.3 is 9.84 Å². The van der Waals surface area contributed by atoms with Crippen molar-refractivity contribution in [1.82, 2.24) is 0 Å². The summed E-state index contributed by atoms with van der Waals surface area (Å²) in [7, 11) is 0. The van der Waals surface area contributed by atoms with Crippen molar-refractivity contribution in [3.05, 3.63) is 0 Å². The van der Waals surface area contributed by atoms with E-state index < -0.39 is 11.5 Å². The molecule has 3 heteroatoms. The molecular formula is C13H20O3. The Balaban J connectivity index is 2.69. The third-order valence-electron chi connectivity index (χ3n) is 3.36. The van der Waals surface area contributed by atoms with Crippen molar-refractivity contribution in [2.45, 2.75) is 51.6 Å². The van der Waals surface area contributed by atoms with Crippen LogP contribution in [-0.2, 0) is 9.53 Å². The molecule has 0 aromatic heterocycles. The van der Waals surface area contributed by atoms with Gasteiger partial charge in [0.15, 0.2) is 0 Å². The van der Waals surface area contributed by atoms with E-state index in [1.54, 1.807) is 6.92 Å². The maximum absolute atomic E-state index is 11.9. The van der Waals surface area contributed by atoms with Crippen LogP contribution >= 0.6 is 0 Å². The molecule has 1 fully saturated rings. The first-order chi connectivity index (χ1) is 7.67. The fraction of sp³-hybridized carbons (Fsp3) is 0.769. The summed E-state index contributed by atoms with van der Waals surface area (Å²) in [5.41, 5.74) is -0.688. The third kappa shape index (κ3) is 2.56. The van der Waals surface area contributed by atoms with Gasteiger partial charge in [-0.1, -0.05) is 0 Å². The molecule has 90 valence electrons. The van der Waals surface area contributed by atoms with Crippen molar-refractivity contribution < 1.29 is 14.6 Å². The Morgan fingerprint density at radius 2 is 2.44 bits per heavy atom. The molecule has 0 amide bonds. The number of carbonyl (C=O) groups excluding carboxylic acids is 1. The number of aliphatic hydroxyl groups is 1. The van der Waals surface area contributed by atoms with E-state index in [2.05, 4.69) is 5.92 Å². The highest BCUT2D eigenvalue weighted by atomic mass is 16.5. The number of hydrogen-bond acceptors (Lipinski definition) is 3. The van der Waals surface area contributed by atoms with Crippen LogP contribution in [0, 0.1) is 17.8 Å². The second-order valence-corrected chi connectivity index (χ2v) is 4.34. The summed E-state index contributed by atoms with van der Waals surface area (Å²) in [4.78, 5) is 11.9. The first-order valence-electron chi connectivity index (χ1n) is 5.96. The van der Waals surface area contributed by atoms with Crippen molar-refractivity contribution in [1.29, 1.82) is 0 Å². The monoisotopic (exact) mass is 224 g/mol. The highest BCUT2D eigenvalue weighted by Crippen LogP contribution is 2.43. The molecule has 0 aliphatic heterocycles. The lowest BCUT2D eigenvalue weighted by Gasteiger charge is -2.29. The number of terminal acetylenes is 1. The van der Waals surface area contributed by atoms with Gasteiger partial charge in [-0.3, -0.25) is 4.79 Å². The Kier molecular flexibility index (Phi) is 4.82. The van der Waals surface area contributed by atoms with E-state index in [-0.39, 0.29) is 5.97 Å². The molecule has 16 heavy (non-hydrogen) atoms. The fourth-order valence-electron chi connectivity index (χ4n) is 2.47. The van der Waals surface area contributed by atoms with Crippen LogP contribution in [-0.4, -0.2) is 23.8 Å². The molecule has 0 spiro atoms. The highest BCUT2D eigenvalue weighted by molar-refractivity contribution is 5.78. The van der Waals surface area contributed by atoms with Crippen LogP contribution in [0.3, 0.4) is 0 Å². The lowest BCUT2D eigenvalue weighted by molar-refractivity contribution is -0.161. The third-order valence-corrected chi connectivity index (χ3v) is 3.36. The average Bonchev–Trinajstić information content (AvgIpc) is 2.62. The topological polar surface area (TPSA) is 46.5 Å². The first-order valence-corrected chi connectivity index (χ1v) is 5.96. The standard InChI is InChI=1S/C13H20O3/c1-3-5-6-9-13(12(15)16-4-2)10-7-8-11(13)14/h1,11,14H,4-10H2,2H3/t11-,13+/m1/s1. The van der Waals surface area contributed by atoms with E-state index in [9.17, 15) is 9.90 Å². The molecule has 0 aromatic rings. The maximum atomic E-state index is 11.9. The molecule has 1 aliphatic carbocycles. The zero-order valence-corrected chi connectivity index (χ0v) is 9.87. The number of unbranched alkanes of at least 4 members (excludes halogenated alkanes) is 1. The lowest BCUT2D eigenvalue weighted by Crippen LogP contribution is -2.39. The summed E-state index contributed by atoms with van der Waals surface area (Å²) in [6, 6.07) is 0. The second kappa shape index (κ2) is 5.91. The van der Waals surface area contributed by atoms with Crippen molar-refractivity contribution in [3.63, 3.8) is 0 Å². The van der Waals surface area contributed by atoms with Gasteiger partial charge >= 0.3 is 5.97 Å². The van der Waals surface area contributed by atoms with E-state index in [4.69, 9.17) is 11.2 Å². The van der Waals surface area contributed by atoms with Crippen LogP contribution in [0.4, 0.5) is 0 Å². The summed E-state index contributed by atoms with van der Waals surface area (Å²) in [5, 5.41) is 9.98. The van der Waals surface area contributed by atoms with Crippen LogP contribution < -0.4 is 0 Å². The molecule has 0 unspecified atom stereocenters. The van der Waals surface area contributed by atoms with Gasteiger partial charge in [-0.05, 0) is 39.0 Å². The van der Waals surface area contributed by atoms with Crippen LogP contribution in [0.2, 0.25) is 0 Å². The molecule has 1 N–H and O–H groups in total. The van der Waals surface area contributed by atoms with Crippen molar-refractivity contribution >= 4 is 5.97 Å². The summed E-state index contributed by atoms with van der Waals surface area (Å²) in [5.74, 6) is 2.31. The van der Waals surface area contributed by atoms with Crippen LogP contribution in [0.25, 0.3) is 0 Å². The molecule has 2 atom stereocenters. The average molecular weight is 224 g/mol. The maximum Gasteiger partial charge on any atom is 0.314 e. The molecule has 0 aromatic carbocycles. The predicted molar refractivity (Wildman–Crippen MR) is 61.6 cm³/mol. The van der Waals surface area contributed by atoms with Gasteiger partial charge in [0.05, 0.1) is 18.1 Å². The van der Waals surface area contributed by atoms with Crippen molar-refractivity contribution in [3.8, 4) is 12.3 Å². The quantitative estimate of drug-likeness (QED) is 0.440. The molecule has 0 bridgehead atoms. The van der Waals surface area contributed by atoms with Gasteiger partial charge in [0, 0.05) is 6.42 Å². The Bertz CT molecular complexity index is 279. The van der Waals surface area contributed by atoms with Gasteiger partial charge in [0.2, 0.25) is 0 Å². The fourth-order valence-corrected chi connectivity index (χ4v) is 2.47. The summed E-state index contributed by atoms with van der Waals surface area (Å²) in [6.07, 6.45) is 8.98. The number of ether oxygens (including phenoxy) is 1. The van der Waals surface area contributed by atoms with E-state index in [1.807, 2.05) is 0 Å². The highest BCUT2D eigenvalue weighted by Gasteiger charge is 2.48. The number of esters is 1. The number of aliphatic hydroxyl groups excluding tert-OH is 1. The molecule has 0 heterocycles. The van der Waals surface area contributed by atoms with E-state index in [0.29, 0.717) is 25.9 Å². The lowest BCUT2D eigenvalue weighted by atomic mass is 9.79. The van der Waals surface area contributed by atoms with E-state index >= 15 is 0 Å². The molecule has 1 saturated carbocycles. The Morgan fingerprint density at radius 3 is 2.94 bits per heavy atom. The minimum Gasteiger partial charge on any atom is -0.465 e. The Hall–Kier alpha value is -1.01. The van der Waals surface area contributed by atoms with Gasteiger partial charge in [-0.25, -0.2) is 0 Å². The van der Waals surface area contributed by atoms with E-state index in [0.717, 1.165) is 19.3 Å². The smallest absolute Gasteiger partial charge is 0.314 e. The minimum atomic E-state index is -0.688. The SMILES string of the molecule is C#CCCC[C@]1(C(=O)OCC)CCC[C@H]1O. The Morgan fingerprint density at radius 1 is 1.69 bits per heavy atom. The van der Waals surface area contributed by atoms with Gasteiger partial charge in [0.1, 0.15) is 0 Å². The zero-order chi connectivity index (χ0) is 12.0. The minimum absolute atomic E-state index is 0.253. The number of hydrogen-bond donors (Lipinski definition) is 1. The normalized spacial score (nSPS) is 28.7. The second-order valence-electron chi connectivity index (χ2n) is 4.34. The summed E-state index contributed by atoms with van der Waals surface area (Å²) in [6.45, 7) is 2.15.